The molecule has 688 valence electrons. The lowest BCUT2D eigenvalue weighted by atomic mass is 9.67. The first kappa shape index (κ1) is 88.4. The average Bonchev–Trinajstić information content (AvgIpc) is 1.53. The van der Waals surface area contributed by atoms with Crippen molar-refractivity contribution in [2.45, 2.75) is 10.8 Å². The fraction of sp³-hybridized carbons (Fsp3) is 0.0141. The second kappa shape index (κ2) is 38.2. The molecule has 0 saturated carbocycles. The van der Waals surface area contributed by atoms with Crippen LogP contribution in [0.1, 0.15) is 44.5 Å². The Kier molecular flexibility index (Phi) is 23.1. The third kappa shape index (κ3) is 15.7. The Morgan fingerprint density at radius 3 is 0.829 bits per heavy atom. The number of benzene rings is 24. The summed E-state index contributed by atoms with van der Waals surface area (Å²) in [5, 5.41) is 27.0. The number of fused-ring (bicyclic) bond motifs is 8. The standard InChI is InChI=1S/2C71H49NO/c73-69-39-16-12-30-61(69)54-23-17-22-53(48-54)60-29-10-14-37-67(60)72(57-46-44-50(45-47-57)49-40-42-52(43-41-49)59-33-18-21-51-20-7-8-28-58(51)59)68-38-15-11-31-62(68)63-34-19-36-66-70(63)64-32-9-13-35-65(64)71(66,55-24-3-1-4-25-55)56-26-5-2-6-27-56;73-69-36-16-12-28-61(69)56-22-17-21-55(48-56)60-27-10-14-34-67(60)72(59-45-43-51(44-46-59)50-37-39-52(40-38-50)54-42-41-49-19-7-8-20-53(49)47-54)68-35-15-11-29-62(68)63-31-18-33-66-70(63)64-30-9-13-32-65(64)71(66,57-23-3-1-4-24-57)58-25-5-2-6-26-58/h2*1-48,73H. The molecule has 0 aliphatic heterocycles. The van der Waals surface area contributed by atoms with Crippen LogP contribution in [0.3, 0.4) is 0 Å². The highest BCUT2D eigenvalue weighted by Gasteiger charge is 2.49. The van der Waals surface area contributed by atoms with Gasteiger partial charge in [0.05, 0.1) is 33.6 Å². The molecule has 0 heterocycles. The highest BCUT2D eigenvalue weighted by molar-refractivity contribution is 6.05. The van der Waals surface area contributed by atoms with E-state index < -0.39 is 10.8 Å². The van der Waals surface area contributed by atoms with Crippen LogP contribution in [-0.2, 0) is 10.8 Å². The van der Waals surface area contributed by atoms with Crippen molar-refractivity contribution in [2.24, 2.45) is 0 Å². The highest BCUT2D eigenvalue weighted by atomic mass is 16.3. The number of nitrogens with zero attached hydrogens (tertiary/aromatic N) is 2. The topological polar surface area (TPSA) is 46.9 Å². The molecule has 0 bridgehead atoms. The lowest BCUT2D eigenvalue weighted by molar-refractivity contribution is 0.477. The zero-order valence-electron chi connectivity index (χ0n) is 80.2. The summed E-state index contributed by atoms with van der Waals surface area (Å²) in [7, 11) is 0. The van der Waals surface area contributed by atoms with Gasteiger partial charge >= 0.3 is 0 Å². The summed E-state index contributed by atoms with van der Waals surface area (Å²) >= 11 is 0. The second-order valence-corrected chi connectivity index (χ2v) is 37.8. The maximum atomic E-state index is 11.0. The molecule has 0 amide bonds. The number of phenolic OH excluding ortho intramolecular Hbond substituents is 2. The van der Waals surface area contributed by atoms with Gasteiger partial charge in [0, 0.05) is 44.8 Å². The van der Waals surface area contributed by atoms with E-state index in [0.717, 1.165) is 112 Å². The van der Waals surface area contributed by atoms with Crippen molar-refractivity contribution in [3.05, 3.63) is 627 Å². The minimum Gasteiger partial charge on any atom is -0.507 e. The van der Waals surface area contributed by atoms with Crippen LogP contribution in [0.4, 0.5) is 34.1 Å². The van der Waals surface area contributed by atoms with E-state index in [1.54, 1.807) is 12.1 Å². The summed E-state index contributed by atoms with van der Waals surface area (Å²) in [6, 6.07) is 210. The van der Waals surface area contributed by atoms with Crippen LogP contribution >= 0.6 is 0 Å². The van der Waals surface area contributed by atoms with E-state index in [2.05, 4.69) is 544 Å². The van der Waals surface area contributed by atoms with E-state index in [0.29, 0.717) is 0 Å². The van der Waals surface area contributed by atoms with Crippen molar-refractivity contribution >= 4 is 55.7 Å². The summed E-state index contributed by atoms with van der Waals surface area (Å²) in [5.41, 5.74) is 41.9. The Morgan fingerprint density at radius 1 is 0.144 bits per heavy atom. The van der Waals surface area contributed by atoms with E-state index >= 15 is 0 Å². The molecule has 4 heteroatoms. The van der Waals surface area contributed by atoms with Crippen LogP contribution < -0.4 is 9.80 Å². The number of hydrogen-bond donors (Lipinski definition) is 2. The van der Waals surface area contributed by atoms with Crippen LogP contribution in [0.15, 0.2) is 582 Å². The van der Waals surface area contributed by atoms with E-state index in [1.807, 2.05) is 36.4 Å². The predicted molar refractivity (Wildman–Crippen MR) is 610 cm³/mol. The van der Waals surface area contributed by atoms with Crippen LogP contribution in [0.5, 0.6) is 11.5 Å². The molecule has 0 atom stereocenters. The van der Waals surface area contributed by atoms with Crippen LogP contribution in [0, 0.1) is 0 Å². The maximum absolute atomic E-state index is 11.0. The molecule has 0 fully saturated rings. The molecule has 26 rings (SSSR count). The number of para-hydroxylation sites is 6. The van der Waals surface area contributed by atoms with Gasteiger partial charge in [0.25, 0.3) is 0 Å². The van der Waals surface area contributed by atoms with E-state index in [9.17, 15) is 10.2 Å². The van der Waals surface area contributed by atoms with Crippen molar-refractivity contribution in [3.8, 4) is 145 Å². The first-order valence-corrected chi connectivity index (χ1v) is 50.1. The summed E-state index contributed by atoms with van der Waals surface area (Å²) in [4.78, 5) is 4.87. The zero-order valence-corrected chi connectivity index (χ0v) is 80.2. The Bertz CT molecular complexity index is 8900. The first-order chi connectivity index (χ1) is 72.3. The number of hydrogen-bond acceptors (Lipinski definition) is 4. The van der Waals surface area contributed by atoms with Gasteiger partial charge in [-0.15, -0.1) is 0 Å². The zero-order chi connectivity index (χ0) is 97.4. The number of rotatable bonds is 20. The van der Waals surface area contributed by atoms with Gasteiger partial charge in [-0.05, 0) is 245 Å². The minimum absolute atomic E-state index is 0.257. The average molecular weight is 1860 g/mol. The van der Waals surface area contributed by atoms with Crippen molar-refractivity contribution in [3.63, 3.8) is 0 Å². The molecule has 0 saturated heterocycles. The SMILES string of the molecule is Oc1ccccc1-c1cccc(-c2ccccc2N(c2ccc(-c3ccc(-c4ccc5ccccc5c4)cc3)cc2)c2ccccc2-c2cccc3c2-c2ccccc2C3(c2ccccc2)c2ccccc2)c1.Oc1ccccc1-c1cccc(-c2ccccc2N(c2ccc(-c3ccc(-c4cccc5ccccc45)cc3)cc2)c2ccccc2-c2cccc3c2-c2ccccc2C3(c2ccccc2)c2ccccc2)c1. The van der Waals surface area contributed by atoms with E-state index in [1.165, 1.54) is 122 Å². The summed E-state index contributed by atoms with van der Waals surface area (Å²) in [6.45, 7) is 0. The van der Waals surface area contributed by atoms with Crippen molar-refractivity contribution in [1.82, 2.24) is 0 Å². The van der Waals surface area contributed by atoms with Gasteiger partial charge in [-0.2, -0.15) is 0 Å². The third-order valence-corrected chi connectivity index (χ3v) is 29.8. The molecule has 2 aliphatic carbocycles. The monoisotopic (exact) mass is 1860 g/mol. The Balaban J connectivity index is 0.000000152. The highest BCUT2D eigenvalue weighted by Crippen LogP contribution is 2.63. The predicted octanol–water partition coefficient (Wildman–Crippen LogP) is 37.4. The normalized spacial score (nSPS) is 12.3. The summed E-state index contributed by atoms with van der Waals surface area (Å²) in [5.74, 6) is 0.514. The molecule has 0 spiro atoms. The van der Waals surface area contributed by atoms with Gasteiger partial charge in [-0.3, -0.25) is 0 Å². The van der Waals surface area contributed by atoms with Gasteiger partial charge in [0.1, 0.15) is 11.5 Å². The number of anilines is 6. The second-order valence-electron chi connectivity index (χ2n) is 37.8. The molecular formula is C142H98N2O2. The summed E-state index contributed by atoms with van der Waals surface area (Å²) < 4.78 is 0. The molecule has 146 heavy (non-hydrogen) atoms. The minimum atomic E-state index is -0.535. The lowest BCUT2D eigenvalue weighted by Crippen LogP contribution is -2.28. The van der Waals surface area contributed by atoms with Crippen molar-refractivity contribution < 1.29 is 10.2 Å². The van der Waals surface area contributed by atoms with Gasteiger partial charge in [0.2, 0.25) is 0 Å². The fourth-order valence-corrected chi connectivity index (χ4v) is 23.2. The Morgan fingerprint density at radius 2 is 0.411 bits per heavy atom. The fourth-order valence-electron chi connectivity index (χ4n) is 23.2. The van der Waals surface area contributed by atoms with Crippen molar-refractivity contribution in [1.29, 1.82) is 0 Å². The van der Waals surface area contributed by atoms with E-state index in [4.69, 9.17) is 0 Å². The van der Waals surface area contributed by atoms with E-state index in [-0.39, 0.29) is 11.5 Å². The Hall–Kier alpha value is -19.0. The van der Waals surface area contributed by atoms with Gasteiger partial charge in [-0.1, -0.05) is 504 Å². The molecular weight excluding hydrogens is 1770 g/mol. The molecule has 0 radical (unpaired) electrons. The Labute approximate surface area is 852 Å². The lowest BCUT2D eigenvalue weighted by Gasteiger charge is -2.34. The molecule has 4 nitrogen and oxygen atoms in total. The molecule has 0 aromatic heterocycles. The molecule has 2 aliphatic rings. The number of phenols is 2. The van der Waals surface area contributed by atoms with Gasteiger partial charge in [0.15, 0.2) is 0 Å². The van der Waals surface area contributed by atoms with Crippen LogP contribution in [0.25, 0.3) is 155 Å². The molecule has 0 unspecified atom stereocenters. The van der Waals surface area contributed by atoms with Gasteiger partial charge < -0.3 is 20.0 Å². The smallest absolute Gasteiger partial charge is 0.123 e. The molecule has 24 aromatic carbocycles. The largest absolute Gasteiger partial charge is 0.507 e. The third-order valence-electron chi connectivity index (χ3n) is 29.8. The summed E-state index contributed by atoms with van der Waals surface area (Å²) in [6.07, 6.45) is 0. The first-order valence-electron chi connectivity index (χ1n) is 50.1. The quantitative estimate of drug-likeness (QED) is 0.0798. The maximum Gasteiger partial charge on any atom is 0.123 e. The molecule has 24 aromatic rings. The van der Waals surface area contributed by atoms with Gasteiger partial charge in [-0.25, -0.2) is 0 Å². The van der Waals surface area contributed by atoms with Crippen LogP contribution in [0.2, 0.25) is 0 Å². The number of aromatic hydroxyl groups is 2. The molecule has 2 N–H and O–H groups in total. The van der Waals surface area contributed by atoms with Crippen LogP contribution in [-0.4, -0.2) is 10.2 Å². The van der Waals surface area contributed by atoms with Crippen molar-refractivity contribution in [2.75, 3.05) is 9.80 Å².